The quantitative estimate of drug-likeness (QED) is 0.626. The van der Waals surface area contributed by atoms with Gasteiger partial charge in [0.05, 0.1) is 0 Å². The van der Waals surface area contributed by atoms with Gasteiger partial charge in [-0.2, -0.15) is 0 Å². The Balaban J connectivity index is 2.14. The summed E-state index contributed by atoms with van der Waals surface area (Å²) in [4.78, 5) is 27.2. The van der Waals surface area contributed by atoms with Crippen LogP contribution in [-0.2, 0) is 21.5 Å². The van der Waals surface area contributed by atoms with E-state index >= 15 is 0 Å². The minimum atomic E-state index is -0.652. The average Bonchev–Trinajstić information content (AvgIpc) is 2.69. The minimum Gasteiger partial charge on any atom is -0.484 e. The van der Waals surface area contributed by atoms with Gasteiger partial charge in [-0.15, -0.1) is 0 Å². The number of ether oxygens (including phenoxy) is 1. The van der Waals surface area contributed by atoms with E-state index in [2.05, 4.69) is 26.1 Å². The molecule has 0 aliphatic heterocycles. The van der Waals surface area contributed by atoms with Crippen LogP contribution in [0, 0.1) is 0 Å². The van der Waals surface area contributed by atoms with Crippen LogP contribution in [0.1, 0.15) is 52.7 Å². The van der Waals surface area contributed by atoms with Gasteiger partial charge in [-0.25, -0.2) is 0 Å². The molecule has 0 spiro atoms. The molecule has 2 amide bonds. The molecular formula is C25H33ClN2O3. The summed E-state index contributed by atoms with van der Waals surface area (Å²) >= 11 is 6.10. The predicted molar refractivity (Wildman–Crippen MR) is 125 cm³/mol. The standard InChI is InChI=1S/C25H33ClN2O3/c1-17(2)27-24(30)18(3)28(15-19-8-7-9-21(26)14-19)23(29)16-31-22-12-10-20(11-13-22)25(4,5)6/h7-14,17-18H,15-16H2,1-6H3,(H,27,30)/t18-/m0/s1. The van der Waals surface area contributed by atoms with Crippen molar-refractivity contribution in [3.63, 3.8) is 0 Å². The summed E-state index contributed by atoms with van der Waals surface area (Å²) in [6.07, 6.45) is 0. The number of benzene rings is 2. The number of amides is 2. The molecule has 0 aliphatic rings. The lowest BCUT2D eigenvalue weighted by Crippen LogP contribution is -2.50. The zero-order valence-corrected chi connectivity index (χ0v) is 20.0. The highest BCUT2D eigenvalue weighted by Crippen LogP contribution is 2.24. The number of halogens is 1. The molecule has 6 heteroatoms. The van der Waals surface area contributed by atoms with E-state index in [0.717, 1.165) is 5.56 Å². The van der Waals surface area contributed by atoms with Crippen molar-refractivity contribution in [3.8, 4) is 5.75 Å². The SMILES string of the molecule is CC(C)NC(=O)[C@H](C)N(Cc1cccc(Cl)c1)C(=O)COc1ccc(C(C)(C)C)cc1. The van der Waals surface area contributed by atoms with E-state index < -0.39 is 6.04 Å². The summed E-state index contributed by atoms with van der Waals surface area (Å²) in [7, 11) is 0. The number of rotatable bonds is 8. The number of hydrogen-bond donors (Lipinski definition) is 1. The molecule has 2 aromatic rings. The van der Waals surface area contributed by atoms with Gasteiger partial charge in [0.15, 0.2) is 6.61 Å². The van der Waals surface area contributed by atoms with Crippen LogP contribution >= 0.6 is 11.6 Å². The molecule has 31 heavy (non-hydrogen) atoms. The highest BCUT2D eigenvalue weighted by Gasteiger charge is 2.27. The van der Waals surface area contributed by atoms with E-state index in [4.69, 9.17) is 16.3 Å². The van der Waals surface area contributed by atoms with Crippen LogP contribution in [0.5, 0.6) is 5.75 Å². The third kappa shape index (κ3) is 7.59. The summed E-state index contributed by atoms with van der Waals surface area (Å²) in [6, 6.07) is 14.3. The third-order valence-corrected chi connectivity index (χ3v) is 5.16. The number of nitrogens with one attached hydrogen (secondary N) is 1. The molecule has 5 nitrogen and oxygen atoms in total. The predicted octanol–water partition coefficient (Wildman–Crippen LogP) is 4.96. The highest BCUT2D eigenvalue weighted by molar-refractivity contribution is 6.30. The Kier molecular flexibility index (Phi) is 8.52. The fourth-order valence-corrected chi connectivity index (χ4v) is 3.31. The Bertz CT molecular complexity index is 888. The smallest absolute Gasteiger partial charge is 0.261 e. The van der Waals surface area contributed by atoms with Crippen LogP contribution in [0.25, 0.3) is 0 Å². The topological polar surface area (TPSA) is 58.6 Å². The van der Waals surface area contributed by atoms with Crippen molar-refractivity contribution in [1.29, 1.82) is 0 Å². The molecular weight excluding hydrogens is 412 g/mol. The zero-order valence-electron chi connectivity index (χ0n) is 19.2. The van der Waals surface area contributed by atoms with Gasteiger partial charge in [0.2, 0.25) is 5.91 Å². The average molecular weight is 445 g/mol. The number of carbonyl (C=O) groups excluding carboxylic acids is 2. The summed E-state index contributed by atoms with van der Waals surface area (Å²) in [5.41, 5.74) is 2.08. The van der Waals surface area contributed by atoms with Gasteiger partial charge >= 0.3 is 0 Å². The first-order valence-electron chi connectivity index (χ1n) is 10.5. The Morgan fingerprint density at radius 1 is 1.06 bits per heavy atom. The van der Waals surface area contributed by atoms with E-state index in [0.29, 0.717) is 10.8 Å². The summed E-state index contributed by atoms with van der Waals surface area (Å²) in [5.74, 6) is 0.134. The maximum atomic E-state index is 13.1. The second-order valence-corrected chi connectivity index (χ2v) is 9.49. The van der Waals surface area contributed by atoms with Crippen LogP contribution in [0.2, 0.25) is 5.02 Å². The van der Waals surface area contributed by atoms with Crippen molar-refractivity contribution in [2.24, 2.45) is 0 Å². The van der Waals surface area contributed by atoms with Crippen molar-refractivity contribution in [3.05, 3.63) is 64.7 Å². The lowest BCUT2D eigenvalue weighted by Gasteiger charge is -2.29. The van der Waals surface area contributed by atoms with Crippen LogP contribution in [-0.4, -0.2) is 35.4 Å². The maximum absolute atomic E-state index is 13.1. The van der Waals surface area contributed by atoms with Gasteiger partial charge in [0, 0.05) is 17.6 Å². The molecule has 0 saturated carbocycles. The van der Waals surface area contributed by atoms with Crippen LogP contribution in [0.15, 0.2) is 48.5 Å². The molecule has 0 aliphatic carbocycles. The Morgan fingerprint density at radius 3 is 2.26 bits per heavy atom. The largest absolute Gasteiger partial charge is 0.484 e. The van der Waals surface area contributed by atoms with Crippen LogP contribution < -0.4 is 10.1 Å². The molecule has 1 N–H and O–H groups in total. The molecule has 0 heterocycles. The Hall–Kier alpha value is -2.53. The van der Waals surface area contributed by atoms with Gasteiger partial charge in [-0.05, 0) is 61.6 Å². The molecule has 1 atom stereocenters. The molecule has 2 aromatic carbocycles. The normalized spacial score (nSPS) is 12.4. The number of hydrogen-bond acceptors (Lipinski definition) is 3. The van der Waals surface area contributed by atoms with Gasteiger partial charge in [0.1, 0.15) is 11.8 Å². The van der Waals surface area contributed by atoms with Crippen molar-refractivity contribution in [2.75, 3.05) is 6.61 Å². The van der Waals surface area contributed by atoms with Gasteiger partial charge in [-0.1, -0.05) is 56.6 Å². The molecule has 2 rings (SSSR count). The summed E-state index contributed by atoms with van der Waals surface area (Å²) in [6.45, 7) is 12.0. The van der Waals surface area contributed by atoms with E-state index in [-0.39, 0.29) is 36.4 Å². The highest BCUT2D eigenvalue weighted by atomic mass is 35.5. The molecule has 0 saturated heterocycles. The fourth-order valence-electron chi connectivity index (χ4n) is 3.10. The monoisotopic (exact) mass is 444 g/mol. The lowest BCUT2D eigenvalue weighted by atomic mass is 9.87. The van der Waals surface area contributed by atoms with Crippen LogP contribution in [0.4, 0.5) is 0 Å². The Morgan fingerprint density at radius 2 is 1.71 bits per heavy atom. The molecule has 0 fully saturated rings. The van der Waals surface area contributed by atoms with Crippen LogP contribution in [0.3, 0.4) is 0 Å². The maximum Gasteiger partial charge on any atom is 0.261 e. The molecule has 0 aromatic heterocycles. The van der Waals surface area contributed by atoms with Crippen molar-refractivity contribution >= 4 is 23.4 Å². The van der Waals surface area contributed by atoms with Gasteiger partial charge < -0.3 is 15.0 Å². The zero-order chi connectivity index (χ0) is 23.2. The summed E-state index contributed by atoms with van der Waals surface area (Å²) in [5, 5.41) is 3.45. The first-order valence-corrected chi connectivity index (χ1v) is 10.9. The van der Waals surface area contributed by atoms with E-state index in [1.165, 1.54) is 10.5 Å². The fraction of sp³-hybridized carbons (Fsp3) is 0.440. The molecule has 168 valence electrons. The Labute approximate surface area is 190 Å². The first kappa shape index (κ1) is 24.7. The van der Waals surface area contributed by atoms with Gasteiger partial charge in [0.25, 0.3) is 5.91 Å². The summed E-state index contributed by atoms with van der Waals surface area (Å²) < 4.78 is 5.74. The molecule has 0 radical (unpaired) electrons. The number of carbonyl (C=O) groups is 2. The molecule has 0 bridgehead atoms. The van der Waals surface area contributed by atoms with Crippen molar-refractivity contribution in [1.82, 2.24) is 10.2 Å². The third-order valence-electron chi connectivity index (χ3n) is 4.92. The minimum absolute atomic E-state index is 0.0179. The van der Waals surface area contributed by atoms with Crippen molar-refractivity contribution < 1.29 is 14.3 Å². The van der Waals surface area contributed by atoms with Crippen molar-refractivity contribution in [2.45, 2.75) is 65.6 Å². The molecule has 0 unspecified atom stereocenters. The lowest BCUT2D eigenvalue weighted by molar-refractivity contribution is -0.142. The number of nitrogens with zero attached hydrogens (tertiary/aromatic N) is 1. The first-order chi connectivity index (χ1) is 14.5. The van der Waals surface area contributed by atoms with Gasteiger partial charge in [-0.3, -0.25) is 9.59 Å². The van der Waals surface area contributed by atoms with E-state index in [9.17, 15) is 9.59 Å². The second kappa shape index (κ2) is 10.7. The second-order valence-electron chi connectivity index (χ2n) is 9.05. The van der Waals surface area contributed by atoms with E-state index in [1.54, 1.807) is 19.1 Å². The van der Waals surface area contributed by atoms with E-state index in [1.807, 2.05) is 50.2 Å².